The number of H-pyrrole nitrogens is 1. The molecule has 1 amide bonds. The van der Waals surface area contributed by atoms with Gasteiger partial charge in [-0.25, -0.2) is 9.79 Å². The Balaban J connectivity index is 2.00. The third-order valence-electron chi connectivity index (χ3n) is 3.69. The summed E-state index contributed by atoms with van der Waals surface area (Å²) in [6.45, 7) is 1.60. The predicted octanol–water partition coefficient (Wildman–Crippen LogP) is 0.725. The fraction of sp³-hybridized carbons (Fsp3) is 0.118. The molecule has 136 valence electrons. The highest BCUT2D eigenvalue weighted by molar-refractivity contribution is 7.18. The van der Waals surface area contributed by atoms with E-state index in [4.69, 9.17) is 0 Å². The number of carbonyl (C=O) groups excluding carboxylic acids is 1. The summed E-state index contributed by atoms with van der Waals surface area (Å²) in [6.07, 6.45) is 0. The van der Waals surface area contributed by atoms with Gasteiger partial charge in [0, 0.05) is 5.69 Å². The Morgan fingerprint density at radius 1 is 1.41 bits per heavy atom. The number of para-hydroxylation sites is 1. The van der Waals surface area contributed by atoms with Gasteiger partial charge in [-0.05, 0) is 29.9 Å². The number of hydrogen-bond donors (Lipinski definition) is 2. The number of aliphatic imine (C=N–C) groups is 1. The molecule has 0 saturated heterocycles. The van der Waals surface area contributed by atoms with Crippen molar-refractivity contribution in [1.29, 1.82) is 5.26 Å². The molecule has 0 aliphatic rings. The minimum atomic E-state index is -0.875. The molecule has 10 heteroatoms. The van der Waals surface area contributed by atoms with Crippen LogP contribution in [0.4, 0.5) is 10.7 Å². The van der Waals surface area contributed by atoms with Crippen LogP contribution in [-0.4, -0.2) is 17.1 Å². The van der Waals surface area contributed by atoms with Crippen molar-refractivity contribution in [2.75, 3.05) is 5.32 Å². The summed E-state index contributed by atoms with van der Waals surface area (Å²) in [5.41, 5.74) is -0.0808. The van der Waals surface area contributed by atoms with Crippen LogP contribution in [0.1, 0.15) is 26.5 Å². The van der Waals surface area contributed by atoms with Crippen LogP contribution in [0.25, 0.3) is 0 Å². The maximum absolute atomic E-state index is 12.5. The summed E-state index contributed by atoms with van der Waals surface area (Å²) in [7, 11) is 1.41. The van der Waals surface area contributed by atoms with Crippen molar-refractivity contribution < 1.29 is 19.1 Å². The minimum absolute atomic E-state index is 0.0545. The van der Waals surface area contributed by atoms with Crippen molar-refractivity contribution in [3.8, 4) is 6.07 Å². The lowest BCUT2D eigenvalue weighted by atomic mass is 10.1. The lowest BCUT2D eigenvalue weighted by molar-refractivity contribution is -0.742. The predicted molar refractivity (Wildman–Crippen MR) is 94.9 cm³/mol. The summed E-state index contributed by atoms with van der Waals surface area (Å²) in [4.78, 5) is 28.2. The number of aromatic nitrogens is 2. The van der Waals surface area contributed by atoms with Crippen LogP contribution in [0.3, 0.4) is 0 Å². The fourth-order valence-corrected chi connectivity index (χ4v) is 3.37. The first kappa shape index (κ1) is 18.1. The zero-order chi connectivity index (χ0) is 19.6. The standard InChI is InChI=1S/C17H13N5O4S/c1-9-11(8-18)16(20-14(23)12-17(25)26-21-22(12)2)27-13(9)15(24)19-10-6-4-3-5-7-10/h3-7H,1-2H3,(H2-,19,20,21,23,24,25). The van der Waals surface area contributed by atoms with E-state index in [9.17, 15) is 20.0 Å². The molecule has 9 nitrogen and oxygen atoms in total. The summed E-state index contributed by atoms with van der Waals surface area (Å²) < 4.78 is 5.61. The molecular weight excluding hydrogens is 370 g/mol. The number of hydrogen-bond acceptors (Lipinski definition) is 7. The number of nitrogens with one attached hydrogen (secondary N) is 2. The van der Waals surface area contributed by atoms with Crippen molar-refractivity contribution in [1.82, 2.24) is 5.27 Å². The van der Waals surface area contributed by atoms with Crippen LogP contribution in [0.2, 0.25) is 0 Å². The van der Waals surface area contributed by atoms with Gasteiger partial charge in [0.15, 0.2) is 7.05 Å². The summed E-state index contributed by atoms with van der Waals surface area (Å²) in [5, 5.41) is 26.7. The number of carbonyl (C=O) groups is 1. The van der Waals surface area contributed by atoms with Crippen molar-refractivity contribution in [3.63, 3.8) is 0 Å². The van der Waals surface area contributed by atoms with E-state index >= 15 is 0 Å². The molecule has 0 radical (unpaired) electrons. The van der Waals surface area contributed by atoms with E-state index in [1.54, 1.807) is 31.2 Å². The molecule has 2 N–H and O–H groups in total. The monoisotopic (exact) mass is 383 g/mol. The smallest absolute Gasteiger partial charge is 0.435 e. The lowest BCUT2D eigenvalue weighted by Crippen LogP contribution is -2.43. The lowest BCUT2D eigenvalue weighted by Gasteiger charge is -2.03. The van der Waals surface area contributed by atoms with Crippen molar-refractivity contribution in [2.45, 2.75) is 6.92 Å². The summed E-state index contributed by atoms with van der Waals surface area (Å²) in [6, 6.07) is 10.8. The molecule has 0 atom stereocenters. The zero-order valence-corrected chi connectivity index (χ0v) is 15.1. The van der Waals surface area contributed by atoms with Gasteiger partial charge >= 0.3 is 11.3 Å². The molecule has 0 aliphatic heterocycles. The molecule has 3 aromatic rings. The molecule has 1 aromatic carbocycles. The number of nitriles is 1. The van der Waals surface area contributed by atoms with E-state index < -0.39 is 17.4 Å². The molecule has 2 heterocycles. The number of nitrogens with zero attached hydrogens (tertiary/aromatic N) is 3. The van der Waals surface area contributed by atoms with Gasteiger partial charge in [-0.1, -0.05) is 22.9 Å². The first-order valence-electron chi connectivity index (χ1n) is 7.65. The molecule has 0 aliphatic carbocycles. The van der Waals surface area contributed by atoms with Gasteiger partial charge in [-0.15, -0.1) is 11.3 Å². The molecule has 2 aromatic heterocycles. The molecule has 27 heavy (non-hydrogen) atoms. The Hall–Kier alpha value is -3.71. The maximum atomic E-state index is 12.5. The maximum Gasteiger partial charge on any atom is 0.435 e. The van der Waals surface area contributed by atoms with Crippen LogP contribution in [0.5, 0.6) is 0 Å². The van der Waals surface area contributed by atoms with Gasteiger partial charge < -0.3 is 10.4 Å². The van der Waals surface area contributed by atoms with Crippen LogP contribution in [-0.2, 0) is 7.05 Å². The second-order valence-corrected chi connectivity index (χ2v) is 6.47. The molecule has 0 unspecified atom stereocenters. The summed E-state index contributed by atoms with van der Waals surface area (Å²) in [5.74, 6) is -1.29. The van der Waals surface area contributed by atoms with Gasteiger partial charge in [-0.2, -0.15) is 5.26 Å². The largest absolute Gasteiger partial charge is 0.854 e. The van der Waals surface area contributed by atoms with E-state index in [1.807, 2.05) is 12.1 Å². The normalized spacial score (nSPS) is 11.2. The number of amides is 1. The van der Waals surface area contributed by atoms with Crippen LogP contribution in [0.15, 0.2) is 44.6 Å². The molecular formula is C17H13N5O4S. The van der Waals surface area contributed by atoms with Gasteiger partial charge in [0.05, 0.1) is 16.3 Å². The van der Waals surface area contributed by atoms with Gasteiger partial charge in [0.2, 0.25) is 0 Å². The third kappa shape index (κ3) is 3.49. The Morgan fingerprint density at radius 3 is 2.70 bits per heavy atom. The third-order valence-corrected chi connectivity index (χ3v) is 4.87. The van der Waals surface area contributed by atoms with Crippen molar-refractivity contribution in [2.24, 2.45) is 12.0 Å². The Kier molecular flexibility index (Phi) is 4.87. The molecule has 0 spiro atoms. The average Bonchev–Trinajstić information content (AvgIpc) is 3.14. The van der Waals surface area contributed by atoms with Gasteiger partial charge in [-0.3, -0.25) is 9.32 Å². The fourth-order valence-electron chi connectivity index (χ4n) is 2.35. The second kappa shape index (κ2) is 7.27. The second-order valence-electron chi connectivity index (χ2n) is 5.47. The van der Waals surface area contributed by atoms with Gasteiger partial charge in [0.1, 0.15) is 11.1 Å². The van der Waals surface area contributed by atoms with Crippen molar-refractivity contribution >= 4 is 33.8 Å². The topological polar surface area (TPSA) is 138 Å². The van der Waals surface area contributed by atoms with Crippen molar-refractivity contribution in [3.05, 3.63) is 62.4 Å². The van der Waals surface area contributed by atoms with E-state index in [2.05, 4.69) is 20.1 Å². The number of rotatable bonds is 4. The minimum Gasteiger partial charge on any atom is -0.854 e. The highest BCUT2D eigenvalue weighted by atomic mass is 32.1. The number of aryl methyl sites for hydroxylation is 1. The van der Waals surface area contributed by atoms with Crippen LogP contribution >= 0.6 is 11.3 Å². The quantitative estimate of drug-likeness (QED) is 0.388. The van der Waals surface area contributed by atoms with E-state index in [-0.39, 0.29) is 21.1 Å². The highest BCUT2D eigenvalue weighted by Crippen LogP contribution is 2.35. The van der Waals surface area contributed by atoms with Crippen LogP contribution in [0, 0.1) is 18.3 Å². The molecule has 0 saturated carbocycles. The van der Waals surface area contributed by atoms with Gasteiger partial charge in [0.25, 0.3) is 5.91 Å². The molecule has 0 bridgehead atoms. The number of thiophene rings is 1. The summed E-state index contributed by atoms with van der Waals surface area (Å²) >= 11 is 0.901. The SMILES string of the molecule is Cc1c(C(=O)Nc2ccccc2)sc(/N=C(\[O-])c2c(=O)o[nH][n+]2C)c1C#N. The number of aromatic amines is 1. The molecule has 0 fully saturated rings. The Morgan fingerprint density at radius 2 is 2.11 bits per heavy atom. The number of anilines is 1. The molecule has 3 rings (SSSR count). The zero-order valence-electron chi connectivity index (χ0n) is 14.3. The Labute approximate surface area is 156 Å². The van der Waals surface area contributed by atoms with Crippen LogP contribution < -0.4 is 20.7 Å². The first-order chi connectivity index (χ1) is 12.9. The van der Waals surface area contributed by atoms with E-state index in [1.165, 1.54) is 7.05 Å². The van der Waals surface area contributed by atoms with E-state index in [0.717, 1.165) is 16.0 Å². The van der Waals surface area contributed by atoms with E-state index in [0.29, 0.717) is 11.3 Å². The Bertz CT molecular complexity index is 1130. The number of benzene rings is 1. The average molecular weight is 383 g/mol. The highest BCUT2D eigenvalue weighted by Gasteiger charge is 2.22. The first-order valence-corrected chi connectivity index (χ1v) is 8.47.